The van der Waals surface area contributed by atoms with E-state index in [2.05, 4.69) is 0 Å². The molecule has 0 aromatic heterocycles. The molecule has 0 atom stereocenters. The number of hydrogen-bond acceptors (Lipinski definition) is 2. The van der Waals surface area contributed by atoms with E-state index in [1.807, 2.05) is 41.1 Å². The Balaban J connectivity index is 0.00000133. The zero-order chi connectivity index (χ0) is 12.7. The molecule has 0 spiro atoms. The van der Waals surface area contributed by atoms with Crippen molar-refractivity contribution in [1.82, 2.24) is 0 Å². The van der Waals surface area contributed by atoms with Crippen LogP contribution in [0, 0.1) is 11.6 Å². The molecular formula is C14H13F2IN2. The van der Waals surface area contributed by atoms with E-state index < -0.39 is 11.6 Å². The number of rotatable bonds is 1. The molecule has 3 rings (SSSR count). The van der Waals surface area contributed by atoms with E-state index in [1.54, 1.807) is 0 Å². The minimum atomic E-state index is -0.558. The molecule has 0 unspecified atom stereocenters. The van der Waals surface area contributed by atoms with Crippen molar-refractivity contribution in [2.75, 3.05) is 23.5 Å². The highest BCUT2D eigenvalue weighted by molar-refractivity contribution is 14.0. The van der Waals surface area contributed by atoms with Crippen molar-refractivity contribution in [3.63, 3.8) is 0 Å². The van der Waals surface area contributed by atoms with Crippen molar-refractivity contribution in [3.05, 3.63) is 54.1 Å². The predicted molar refractivity (Wildman–Crippen MR) is 83.6 cm³/mol. The van der Waals surface area contributed by atoms with Crippen LogP contribution in [0.15, 0.2) is 42.5 Å². The largest absolute Gasteiger partial charge is 0.355 e. The van der Waals surface area contributed by atoms with Crippen molar-refractivity contribution >= 4 is 41.0 Å². The van der Waals surface area contributed by atoms with Gasteiger partial charge in [-0.05, 0) is 24.3 Å². The van der Waals surface area contributed by atoms with Crippen molar-refractivity contribution in [2.45, 2.75) is 0 Å². The fourth-order valence-corrected chi connectivity index (χ4v) is 2.29. The molecular weight excluding hydrogens is 361 g/mol. The Labute approximate surface area is 127 Å². The molecule has 0 amide bonds. The minimum Gasteiger partial charge on any atom is -0.355 e. The molecule has 1 heterocycles. The topological polar surface area (TPSA) is 6.48 Å². The molecule has 2 aromatic carbocycles. The van der Waals surface area contributed by atoms with Gasteiger partial charge in [-0.3, -0.25) is 0 Å². The van der Waals surface area contributed by atoms with E-state index in [1.165, 1.54) is 12.1 Å². The fraction of sp³-hybridized carbons (Fsp3) is 0.143. The van der Waals surface area contributed by atoms with Crippen molar-refractivity contribution in [1.29, 1.82) is 0 Å². The quantitative estimate of drug-likeness (QED) is 0.693. The van der Waals surface area contributed by atoms with Gasteiger partial charge in [-0.25, -0.2) is 8.78 Å². The highest BCUT2D eigenvalue weighted by Gasteiger charge is 2.25. The molecule has 1 aliphatic rings. The van der Waals surface area contributed by atoms with Crippen LogP contribution in [0.25, 0.3) is 0 Å². The molecule has 0 bridgehead atoms. The van der Waals surface area contributed by atoms with Gasteiger partial charge in [0.1, 0.15) is 11.6 Å². The van der Waals surface area contributed by atoms with Gasteiger partial charge in [-0.15, -0.1) is 24.0 Å². The molecule has 0 fully saturated rings. The first-order chi connectivity index (χ1) is 8.66. The summed E-state index contributed by atoms with van der Waals surface area (Å²) in [5.41, 5.74) is 2.37. The number of hydrogen-bond donors (Lipinski definition) is 0. The van der Waals surface area contributed by atoms with Gasteiger partial charge in [0.2, 0.25) is 0 Å². The Hall–Kier alpha value is -1.37. The summed E-state index contributed by atoms with van der Waals surface area (Å²) < 4.78 is 26.8. The van der Waals surface area contributed by atoms with Crippen molar-refractivity contribution < 1.29 is 8.78 Å². The van der Waals surface area contributed by atoms with Gasteiger partial charge >= 0.3 is 0 Å². The van der Waals surface area contributed by atoms with Gasteiger partial charge in [0.15, 0.2) is 0 Å². The summed E-state index contributed by atoms with van der Waals surface area (Å²) in [4.78, 5) is 3.86. The molecule has 5 heteroatoms. The Kier molecular flexibility index (Phi) is 3.93. The van der Waals surface area contributed by atoms with Gasteiger partial charge in [0.25, 0.3) is 0 Å². The summed E-state index contributed by atoms with van der Waals surface area (Å²) in [5, 5.41) is 0. The number of nitrogens with zero attached hydrogens (tertiary/aromatic N) is 2. The summed E-state index contributed by atoms with van der Waals surface area (Å²) in [7, 11) is 1.94. The molecule has 19 heavy (non-hydrogen) atoms. The maximum absolute atomic E-state index is 13.8. The lowest BCUT2D eigenvalue weighted by molar-refractivity contribution is 0.582. The average Bonchev–Trinajstić information content (AvgIpc) is 2.68. The van der Waals surface area contributed by atoms with Crippen LogP contribution in [0.4, 0.5) is 25.8 Å². The maximum atomic E-state index is 13.8. The lowest BCUT2D eigenvalue weighted by atomic mass is 10.2. The number of benzene rings is 2. The third-order valence-corrected chi connectivity index (χ3v) is 3.14. The van der Waals surface area contributed by atoms with Crippen LogP contribution in [0.1, 0.15) is 0 Å². The van der Waals surface area contributed by atoms with Crippen LogP contribution in [0.3, 0.4) is 0 Å². The summed E-state index contributed by atoms with van der Waals surface area (Å²) in [6.07, 6.45) is 0. The molecule has 0 N–H and O–H groups in total. The van der Waals surface area contributed by atoms with Crippen LogP contribution >= 0.6 is 24.0 Å². The van der Waals surface area contributed by atoms with Crippen LogP contribution in [-0.4, -0.2) is 13.7 Å². The predicted octanol–water partition coefficient (Wildman–Crippen LogP) is 4.13. The zero-order valence-corrected chi connectivity index (χ0v) is 12.6. The van der Waals surface area contributed by atoms with Gasteiger partial charge in [0.05, 0.1) is 23.7 Å². The Morgan fingerprint density at radius 3 is 2.32 bits per heavy atom. The van der Waals surface area contributed by atoms with E-state index in [0.29, 0.717) is 12.4 Å². The van der Waals surface area contributed by atoms with Gasteiger partial charge in [-0.2, -0.15) is 0 Å². The monoisotopic (exact) mass is 374 g/mol. The summed E-state index contributed by atoms with van der Waals surface area (Å²) in [5.74, 6) is -1.10. The second-order valence-electron chi connectivity index (χ2n) is 4.35. The van der Waals surface area contributed by atoms with E-state index in [-0.39, 0.29) is 24.0 Å². The van der Waals surface area contributed by atoms with E-state index in [9.17, 15) is 8.78 Å². The summed E-state index contributed by atoms with van der Waals surface area (Å²) in [6, 6.07) is 11.4. The lowest BCUT2D eigenvalue weighted by Crippen LogP contribution is -2.24. The van der Waals surface area contributed by atoms with Crippen LogP contribution in [-0.2, 0) is 0 Å². The zero-order valence-electron chi connectivity index (χ0n) is 10.3. The second kappa shape index (κ2) is 5.32. The Morgan fingerprint density at radius 2 is 1.63 bits per heavy atom. The van der Waals surface area contributed by atoms with Gasteiger partial charge in [-0.1, -0.05) is 12.1 Å². The van der Waals surface area contributed by atoms with Crippen LogP contribution in [0.5, 0.6) is 0 Å². The Morgan fingerprint density at radius 1 is 0.947 bits per heavy atom. The van der Waals surface area contributed by atoms with Crippen molar-refractivity contribution in [2.24, 2.45) is 0 Å². The first-order valence-corrected chi connectivity index (χ1v) is 5.69. The number of halogens is 3. The van der Waals surface area contributed by atoms with E-state index >= 15 is 0 Å². The highest BCUT2D eigenvalue weighted by atomic mass is 127. The van der Waals surface area contributed by atoms with Crippen LogP contribution in [0.2, 0.25) is 0 Å². The van der Waals surface area contributed by atoms with Gasteiger partial charge < -0.3 is 9.80 Å². The molecule has 2 nitrogen and oxygen atoms in total. The molecule has 0 saturated carbocycles. The average molecular weight is 374 g/mol. The molecule has 1 aliphatic heterocycles. The first kappa shape index (κ1) is 14.0. The summed E-state index contributed by atoms with van der Waals surface area (Å²) in [6.45, 7) is 0.557. The molecule has 100 valence electrons. The smallest absolute Gasteiger partial charge is 0.149 e. The third kappa shape index (κ3) is 2.39. The van der Waals surface area contributed by atoms with E-state index in [0.717, 1.165) is 17.4 Å². The normalized spacial score (nSPS) is 13.2. The first-order valence-electron chi connectivity index (χ1n) is 5.69. The minimum absolute atomic E-state index is 0. The molecule has 2 aromatic rings. The van der Waals surface area contributed by atoms with Gasteiger partial charge in [0, 0.05) is 13.1 Å². The summed E-state index contributed by atoms with van der Waals surface area (Å²) >= 11 is 0. The number of anilines is 3. The van der Waals surface area contributed by atoms with E-state index in [4.69, 9.17) is 0 Å². The number of para-hydroxylation sites is 2. The third-order valence-electron chi connectivity index (χ3n) is 3.14. The second-order valence-corrected chi connectivity index (χ2v) is 4.35. The standard InChI is InChI=1S/C14H12F2N2.HI/c1-17-9-18(14-5-3-2-4-13(14)17)12-7-6-10(15)8-11(12)16;/h2-8H,9H2,1H3;1H. The lowest BCUT2D eigenvalue weighted by Gasteiger charge is -2.20. The van der Waals surface area contributed by atoms with Crippen molar-refractivity contribution in [3.8, 4) is 0 Å². The molecule has 0 aliphatic carbocycles. The Bertz CT molecular complexity index is 604. The molecule has 0 saturated heterocycles. The number of fused-ring (bicyclic) bond motifs is 1. The fourth-order valence-electron chi connectivity index (χ4n) is 2.29. The molecule has 0 radical (unpaired) electrons. The SMILES string of the molecule is CN1CN(c2ccc(F)cc2F)c2ccccc21.I. The van der Waals surface area contributed by atoms with Crippen LogP contribution < -0.4 is 9.80 Å². The highest BCUT2D eigenvalue weighted by Crippen LogP contribution is 2.40. The maximum Gasteiger partial charge on any atom is 0.149 e.